The summed E-state index contributed by atoms with van der Waals surface area (Å²) in [6, 6.07) is 5.39. The first kappa shape index (κ1) is 18.8. The lowest BCUT2D eigenvalue weighted by atomic mass is 9.90. The molecular weight excluding hydrogens is 380 g/mol. The number of rotatable bonds is 2. The van der Waals surface area contributed by atoms with Crippen LogP contribution >= 0.6 is 11.6 Å². The maximum absolute atomic E-state index is 13.0. The van der Waals surface area contributed by atoms with Gasteiger partial charge >= 0.3 is 6.09 Å². The molecule has 1 atom stereocenters. The average Bonchev–Trinajstić information content (AvgIpc) is 3.27. The normalized spacial score (nSPS) is 19.0. The molecule has 28 heavy (non-hydrogen) atoms. The molecule has 148 valence electrons. The number of fused-ring (bicyclic) bond motifs is 1. The smallest absolute Gasteiger partial charge is 0.407 e. The molecule has 1 aromatic heterocycles. The van der Waals surface area contributed by atoms with Crippen LogP contribution in [0.5, 0.6) is 0 Å². The fourth-order valence-corrected chi connectivity index (χ4v) is 4.52. The van der Waals surface area contributed by atoms with Crippen molar-refractivity contribution >= 4 is 23.6 Å². The van der Waals surface area contributed by atoms with Gasteiger partial charge in [0.1, 0.15) is 0 Å². The molecule has 7 nitrogen and oxygen atoms in total. The maximum Gasteiger partial charge on any atom is 0.407 e. The van der Waals surface area contributed by atoms with Gasteiger partial charge in [-0.2, -0.15) is 5.10 Å². The summed E-state index contributed by atoms with van der Waals surface area (Å²) in [5.74, 6) is -0.100. The van der Waals surface area contributed by atoms with Crippen LogP contribution in [0.2, 0.25) is 5.02 Å². The molecule has 0 spiro atoms. The van der Waals surface area contributed by atoms with E-state index in [-0.39, 0.29) is 11.9 Å². The summed E-state index contributed by atoms with van der Waals surface area (Å²) < 4.78 is 1.69. The minimum Gasteiger partial charge on any atom is -0.465 e. The molecule has 2 amide bonds. The molecule has 3 heterocycles. The zero-order chi connectivity index (χ0) is 20.0. The van der Waals surface area contributed by atoms with Crippen molar-refractivity contribution in [3.8, 4) is 0 Å². The first-order chi connectivity index (χ1) is 13.3. The van der Waals surface area contributed by atoms with Crippen LogP contribution in [0.15, 0.2) is 18.2 Å². The average molecular weight is 403 g/mol. The van der Waals surface area contributed by atoms with Crippen LogP contribution in [0.4, 0.5) is 4.79 Å². The molecule has 8 heteroatoms. The highest BCUT2D eigenvalue weighted by Gasteiger charge is 2.34. The molecule has 0 unspecified atom stereocenters. The van der Waals surface area contributed by atoms with Crippen LogP contribution in [-0.2, 0) is 20.0 Å². The molecule has 2 aliphatic rings. The van der Waals surface area contributed by atoms with E-state index < -0.39 is 6.09 Å². The minimum absolute atomic E-state index is 0.100. The van der Waals surface area contributed by atoms with E-state index in [1.807, 2.05) is 26.1 Å². The van der Waals surface area contributed by atoms with Crippen LogP contribution in [0, 0.1) is 6.92 Å². The highest BCUT2D eigenvalue weighted by molar-refractivity contribution is 6.30. The van der Waals surface area contributed by atoms with Gasteiger partial charge in [0.05, 0.1) is 6.04 Å². The van der Waals surface area contributed by atoms with Crippen molar-refractivity contribution in [2.24, 2.45) is 7.05 Å². The molecule has 1 fully saturated rings. The van der Waals surface area contributed by atoms with Crippen LogP contribution < -0.4 is 0 Å². The number of carboxylic acid groups (broad SMARTS) is 1. The second-order valence-electron chi connectivity index (χ2n) is 7.54. The number of amides is 2. The fourth-order valence-electron chi connectivity index (χ4n) is 4.27. The third-order valence-electron chi connectivity index (χ3n) is 5.82. The van der Waals surface area contributed by atoms with Gasteiger partial charge in [-0.15, -0.1) is 0 Å². The Morgan fingerprint density at radius 3 is 2.71 bits per heavy atom. The number of hydrogen-bond donors (Lipinski definition) is 1. The van der Waals surface area contributed by atoms with Gasteiger partial charge in [0.25, 0.3) is 5.91 Å². The van der Waals surface area contributed by atoms with Crippen LogP contribution in [0.25, 0.3) is 0 Å². The monoisotopic (exact) mass is 402 g/mol. The van der Waals surface area contributed by atoms with Gasteiger partial charge < -0.3 is 14.9 Å². The second-order valence-corrected chi connectivity index (χ2v) is 7.97. The Morgan fingerprint density at radius 2 is 2.04 bits per heavy atom. The maximum atomic E-state index is 13.0. The number of nitrogens with zero attached hydrogens (tertiary/aromatic N) is 4. The molecule has 0 radical (unpaired) electrons. The summed E-state index contributed by atoms with van der Waals surface area (Å²) >= 11 is 6.34. The van der Waals surface area contributed by atoms with E-state index in [9.17, 15) is 14.7 Å². The van der Waals surface area contributed by atoms with Gasteiger partial charge in [-0.05, 0) is 61.1 Å². The fraction of sp³-hybridized carbons (Fsp3) is 0.450. The first-order valence-corrected chi connectivity index (χ1v) is 9.83. The van der Waals surface area contributed by atoms with Crippen LogP contribution in [0.3, 0.4) is 0 Å². The number of benzene rings is 1. The highest BCUT2D eigenvalue weighted by atomic mass is 35.5. The van der Waals surface area contributed by atoms with Crippen molar-refractivity contribution < 1.29 is 14.7 Å². The summed E-state index contributed by atoms with van der Waals surface area (Å²) in [7, 11) is 1.82. The van der Waals surface area contributed by atoms with Crippen LogP contribution in [-0.4, -0.2) is 49.8 Å². The third-order valence-corrected chi connectivity index (χ3v) is 6.04. The van der Waals surface area contributed by atoms with Gasteiger partial charge in [-0.1, -0.05) is 11.6 Å². The Labute approximate surface area is 168 Å². The lowest BCUT2D eigenvalue weighted by molar-refractivity contribution is 0.0725. The Kier molecular flexibility index (Phi) is 4.79. The van der Waals surface area contributed by atoms with Crippen LogP contribution in [0.1, 0.15) is 51.8 Å². The highest BCUT2D eigenvalue weighted by Crippen LogP contribution is 2.38. The van der Waals surface area contributed by atoms with Gasteiger partial charge in [0.15, 0.2) is 5.69 Å². The van der Waals surface area contributed by atoms with E-state index in [1.54, 1.807) is 15.6 Å². The van der Waals surface area contributed by atoms with Gasteiger partial charge in [0.2, 0.25) is 0 Å². The summed E-state index contributed by atoms with van der Waals surface area (Å²) in [5.41, 5.74) is 4.41. The van der Waals surface area contributed by atoms with E-state index in [1.165, 1.54) is 4.90 Å². The van der Waals surface area contributed by atoms with Crippen molar-refractivity contribution in [1.82, 2.24) is 19.6 Å². The summed E-state index contributed by atoms with van der Waals surface area (Å²) in [5, 5.41) is 14.5. The number of aryl methyl sites for hydroxylation is 2. The van der Waals surface area contributed by atoms with E-state index in [4.69, 9.17) is 11.6 Å². The molecular formula is C20H23ClN4O3. The van der Waals surface area contributed by atoms with Gasteiger partial charge in [0, 0.05) is 37.4 Å². The summed E-state index contributed by atoms with van der Waals surface area (Å²) in [6.45, 7) is 3.47. The zero-order valence-electron chi connectivity index (χ0n) is 16.0. The summed E-state index contributed by atoms with van der Waals surface area (Å²) in [6.07, 6.45) is 1.38. The number of likely N-dealkylation sites (tertiary alicyclic amines) is 1. The number of aromatic nitrogens is 2. The molecule has 1 aromatic carbocycles. The lowest BCUT2D eigenvalue weighted by Crippen LogP contribution is -2.38. The molecule has 0 aliphatic carbocycles. The number of carbonyl (C=O) groups excluding carboxylic acids is 1. The topological polar surface area (TPSA) is 78.7 Å². The van der Waals surface area contributed by atoms with Crippen molar-refractivity contribution in [2.45, 2.75) is 38.8 Å². The number of carbonyl (C=O) groups is 2. The molecule has 0 saturated carbocycles. The van der Waals surface area contributed by atoms with Crippen molar-refractivity contribution in [2.75, 3.05) is 13.1 Å². The first-order valence-electron chi connectivity index (χ1n) is 9.46. The number of hydrogen-bond acceptors (Lipinski definition) is 3. The van der Waals surface area contributed by atoms with Gasteiger partial charge in [-0.25, -0.2) is 4.79 Å². The van der Waals surface area contributed by atoms with Crippen molar-refractivity contribution in [3.63, 3.8) is 0 Å². The molecule has 4 rings (SSSR count). The van der Waals surface area contributed by atoms with E-state index in [2.05, 4.69) is 5.10 Å². The van der Waals surface area contributed by atoms with Crippen molar-refractivity contribution in [1.29, 1.82) is 0 Å². The third kappa shape index (κ3) is 3.24. The molecule has 1 saturated heterocycles. The largest absolute Gasteiger partial charge is 0.465 e. The van der Waals surface area contributed by atoms with E-state index >= 15 is 0 Å². The lowest BCUT2D eigenvalue weighted by Gasteiger charge is -2.33. The Morgan fingerprint density at radius 1 is 1.25 bits per heavy atom. The number of halogens is 1. The Bertz CT molecular complexity index is 936. The SMILES string of the molecule is Cc1cc(C(=O)N2CCc3cc(Cl)cc([C@@H]4CCCN4C(=O)O)c3C2)nn1C. The standard InChI is InChI=1S/C20H23ClN4O3/c1-12-8-17(22-23(12)2)19(26)24-7-5-13-9-14(21)10-15(16(13)11-24)18-4-3-6-25(18)20(27)28/h8-10,18H,3-7,11H2,1-2H3,(H,27,28)/t18-/m0/s1. The molecule has 2 aromatic rings. The molecule has 0 bridgehead atoms. The minimum atomic E-state index is -0.913. The van der Waals surface area contributed by atoms with Gasteiger partial charge in [-0.3, -0.25) is 9.48 Å². The second kappa shape index (κ2) is 7.13. The zero-order valence-corrected chi connectivity index (χ0v) is 16.7. The molecule has 1 N–H and O–H groups in total. The summed E-state index contributed by atoms with van der Waals surface area (Å²) in [4.78, 5) is 27.9. The Hall–Kier alpha value is -2.54. The quantitative estimate of drug-likeness (QED) is 0.835. The Balaban J connectivity index is 1.67. The van der Waals surface area contributed by atoms with E-state index in [0.717, 1.165) is 35.2 Å². The predicted molar refractivity (Wildman–Crippen MR) is 105 cm³/mol. The van der Waals surface area contributed by atoms with Crippen molar-refractivity contribution in [3.05, 3.63) is 51.3 Å². The molecule has 2 aliphatic heterocycles. The predicted octanol–water partition coefficient (Wildman–Crippen LogP) is 3.40. The van der Waals surface area contributed by atoms with E-state index in [0.29, 0.717) is 36.8 Å².